The number of aromatic nitrogens is 1. The molecule has 1 heterocycles. The van der Waals surface area contributed by atoms with Crippen molar-refractivity contribution in [2.45, 2.75) is 6.92 Å². The number of hydrogen-bond acceptors (Lipinski definition) is 6. The quantitative estimate of drug-likeness (QED) is 0.665. The summed E-state index contributed by atoms with van der Waals surface area (Å²) in [6, 6.07) is 6.24. The largest absolute Gasteiger partial charge is 0.383 e. The molecule has 0 fully saturated rings. The maximum Gasteiger partial charge on any atom is 0.205 e. The molecule has 0 spiro atoms. The lowest BCUT2D eigenvalue weighted by molar-refractivity contribution is 1.13. The summed E-state index contributed by atoms with van der Waals surface area (Å²) in [6.45, 7) is 2.07. The van der Waals surface area contributed by atoms with Gasteiger partial charge in [0.15, 0.2) is 0 Å². The average Bonchev–Trinajstić information content (AvgIpc) is 2.77. The standard InChI is InChI=1S/C13H17N5S/c1-9-6-11(18(2)3)5-4-10(9)7-15-17-13-16-12(14)8-19-13/h4-8H,14H2,1-3H3,(H,16,17). The van der Waals surface area contributed by atoms with Crippen molar-refractivity contribution in [2.24, 2.45) is 5.10 Å². The molecule has 2 aromatic rings. The van der Waals surface area contributed by atoms with Gasteiger partial charge in [-0.2, -0.15) is 5.10 Å². The fourth-order valence-corrected chi connectivity index (χ4v) is 2.13. The van der Waals surface area contributed by atoms with Gasteiger partial charge in [0.25, 0.3) is 0 Å². The summed E-state index contributed by atoms with van der Waals surface area (Å²) >= 11 is 1.43. The van der Waals surface area contributed by atoms with Crippen LogP contribution < -0.4 is 16.1 Å². The topological polar surface area (TPSA) is 66.5 Å². The molecule has 0 bridgehead atoms. The maximum absolute atomic E-state index is 5.53. The molecule has 0 saturated heterocycles. The van der Waals surface area contributed by atoms with Crippen LogP contribution in [0.4, 0.5) is 16.6 Å². The van der Waals surface area contributed by atoms with Crippen molar-refractivity contribution >= 4 is 34.2 Å². The minimum absolute atomic E-state index is 0.509. The summed E-state index contributed by atoms with van der Waals surface area (Å²) < 4.78 is 0. The zero-order chi connectivity index (χ0) is 13.8. The van der Waals surface area contributed by atoms with Crippen molar-refractivity contribution in [1.82, 2.24) is 4.98 Å². The molecule has 0 aliphatic heterocycles. The number of hydrogen-bond donors (Lipinski definition) is 2. The predicted molar refractivity (Wildman–Crippen MR) is 83.2 cm³/mol. The van der Waals surface area contributed by atoms with Gasteiger partial charge in [-0.15, -0.1) is 11.3 Å². The molecule has 1 aromatic carbocycles. The molecule has 19 heavy (non-hydrogen) atoms. The van der Waals surface area contributed by atoms with E-state index in [1.54, 1.807) is 11.6 Å². The number of thiazole rings is 1. The fourth-order valence-electron chi connectivity index (χ4n) is 1.58. The Morgan fingerprint density at radius 1 is 1.42 bits per heavy atom. The van der Waals surface area contributed by atoms with Gasteiger partial charge in [-0.3, -0.25) is 5.43 Å². The number of nitrogens with one attached hydrogen (secondary N) is 1. The lowest BCUT2D eigenvalue weighted by Crippen LogP contribution is -2.08. The summed E-state index contributed by atoms with van der Waals surface area (Å²) in [6.07, 6.45) is 1.78. The Bertz CT molecular complexity index is 588. The van der Waals surface area contributed by atoms with Gasteiger partial charge in [-0.25, -0.2) is 4.98 Å². The Labute approximate surface area is 116 Å². The van der Waals surface area contributed by atoms with Crippen LogP contribution in [0.25, 0.3) is 0 Å². The van der Waals surface area contributed by atoms with Crippen molar-refractivity contribution in [2.75, 3.05) is 30.2 Å². The average molecular weight is 275 g/mol. The number of hydrazone groups is 1. The number of anilines is 3. The van der Waals surface area contributed by atoms with Crippen molar-refractivity contribution in [3.05, 3.63) is 34.7 Å². The Morgan fingerprint density at radius 2 is 2.21 bits per heavy atom. The smallest absolute Gasteiger partial charge is 0.205 e. The van der Waals surface area contributed by atoms with E-state index in [-0.39, 0.29) is 0 Å². The number of benzene rings is 1. The second-order valence-corrected chi connectivity index (χ2v) is 5.24. The first-order chi connectivity index (χ1) is 9.06. The Hall–Kier alpha value is -2.08. The maximum atomic E-state index is 5.53. The molecule has 0 aliphatic carbocycles. The van der Waals surface area contributed by atoms with Crippen LogP contribution in [0, 0.1) is 6.92 Å². The zero-order valence-corrected chi connectivity index (χ0v) is 12.0. The lowest BCUT2D eigenvalue weighted by Gasteiger charge is -2.13. The van der Waals surface area contributed by atoms with Gasteiger partial charge in [0.1, 0.15) is 5.82 Å². The van der Waals surface area contributed by atoms with E-state index in [2.05, 4.69) is 39.5 Å². The van der Waals surface area contributed by atoms with Crippen LogP contribution in [-0.4, -0.2) is 25.3 Å². The highest BCUT2D eigenvalue weighted by Gasteiger charge is 2.00. The van der Waals surface area contributed by atoms with E-state index in [0.29, 0.717) is 10.9 Å². The third-order valence-corrected chi connectivity index (χ3v) is 3.42. The van der Waals surface area contributed by atoms with Gasteiger partial charge in [-0.1, -0.05) is 6.07 Å². The molecule has 1 aromatic heterocycles. The first-order valence-electron chi connectivity index (χ1n) is 5.84. The molecule has 0 aliphatic rings. The van der Waals surface area contributed by atoms with Crippen LogP contribution in [0.1, 0.15) is 11.1 Å². The summed E-state index contributed by atoms with van der Waals surface area (Å²) in [4.78, 5) is 6.14. The van der Waals surface area contributed by atoms with Crippen LogP contribution >= 0.6 is 11.3 Å². The van der Waals surface area contributed by atoms with Gasteiger partial charge in [0.2, 0.25) is 5.13 Å². The number of nitrogens with zero attached hydrogens (tertiary/aromatic N) is 3. The first kappa shape index (κ1) is 13.4. The molecule has 6 heteroatoms. The van der Waals surface area contributed by atoms with Gasteiger partial charge in [0, 0.05) is 25.2 Å². The third-order valence-electron chi connectivity index (χ3n) is 2.66. The monoisotopic (exact) mass is 275 g/mol. The van der Waals surface area contributed by atoms with Crippen molar-refractivity contribution in [3.8, 4) is 0 Å². The Kier molecular flexibility index (Phi) is 4.01. The lowest BCUT2D eigenvalue weighted by atomic mass is 10.1. The molecule has 5 nitrogen and oxygen atoms in total. The molecule has 0 saturated carbocycles. The Balaban J connectivity index is 2.06. The molecule has 0 atom stereocenters. The van der Waals surface area contributed by atoms with Gasteiger partial charge in [-0.05, 0) is 30.2 Å². The minimum Gasteiger partial charge on any atom is -0.383 e. The summed E-state index contributed by atoms with van der Waals surface area (Å²) in [5, 5.41) is 6.63. The fraction of sp³-hybridized carbons (Fsp3) is 0.231. The highest BCUT2D eigenvalue weighted by atomic mass is 32.1. The Morgan fingerprint density at radius 3 is 2.79 bits per heavy atom. The summed E-state index contributed by atoms with van der Waals surface area (Å²) in [7, 11) is 4.05. The molecular formula is C13H17N5S. The molecular weight excluding hydrogens is 258 g/mol. The number of rotatable bonds is 4. The number of nitrogens with two attached hydrogens (primary N) is 1. The SMILES string of the molecule is Cc1cc(N(C)C)ccc1C=NNc1nc(N)cs1. The van der Waals surface area contributed by atoms with Crippen LogP contribution in [0.2, 0.25) is 0 Å². The molecule has 0 unspecified atom stereocenters. The van der Waals surface area contributed by atoms with Crippen LogP contribution in [0.15, 0.2) is 28.7 Å². The van der Waals surface area contributed by atoms with E-state index >= 15 is 0 Å². The number of nitrogen functional groups attached to an aromatic ring is 1. The predicted octanol–water partition coefficient (Wildman–Crippen LogP) is 2.55. The van der Waals surface area contributed by atoms with E-state index in [4.69, 9.17) is 5.73 Å². The number of aryl methyl sites for hydroxylation is 1. The summed E-state index contributed by atoms with van der Waals surface area (Å²) in [5.41, 5.74) is 11.8. The van der Waals surface area contributed by atoms with E-state index in [1.807, 2.05) is 20.2 Å². The van der Waals surface area contributed by atoms with E-state index in [0.717, 1.165) is 5.56 Å². The minimum atomic E-state index is 0.509. The zero-order valence-electron chi connectivity index (χ0n) is 11.2. The normalized spacial score (nSPS) is 10.9. The molecule has 3 N–H and O–H groups in total. The van der Waals surface area contributed by atoms with E-state index in [9.17, 15) is 0 Å². The third kappa shape index (κ3) is 3.45. The van der Waals surface area contributed by atoms with Crippen LogP contribution in [0.3, 0.4) is 0 Å². The van der Waals surface area contributed by atoms with E-state index in [1.165, 1.54) is 22.6 Å². The van der Waals surface area contributed by atoms with Crippen molar-refractivity contribution < 1.29 is 0 Å². The van der Waals surface area contributed by atoms with Gasteiger partial charge >= 0.3 is 0 Å². The van der Waals surface area contributed by atoms with Gasteiger partial charge < -0.3 is 10.6 Å². The molecule has 0 radical (unpaired) electrons. The highest BCUT2D eigenvalue weighted by molar-refractivity contribution is 7.14. The first-order valence-corrected chi connectivity index (χ1v) is 6.72. The van der Waals surface area contributed by atoms with Crippen molar-refractivity contribution in [1.29, 1.82) is 0 Å². The van der Waals surface area contributed by atoms with Crippen LogP contribution in [-0.2, 0) is 0 Å². The molecule has 0 amide bonds. The summed E-state index contributed by atoms with van der Waals surface area (Å²) in [5.74, 6) is 0.509. The van der Waals surface area contributed by atoms with Gasteiger partial charge in [0.05, 0.1) is 6.21 Å². The molecule has 100 valence electrons. The second-order valence-electron chi connectivity index (χ2n) is 4.38. The second kappa shape index (κ2) is 5.71. The van der Waals surface area contributed by atoms with E-state index < -0.39 is 0 Å². The molecule has 2 rings (SSSR count). The van der Waals surface area contributed by atoms with Crippen LogP contribution in [0.5, 0.6) is 0 Å². The van der Waals surface area contributed by atoms with Crippen molar-refractivity contribution in [3.63, 3.8) is 0 Å². The highest BCUT2D eigenvalue weighted by Crippen LogP contribution is 2.17.